The molecular weight excluding hydrogens is 195 g/mol. The molecule has 4 heteroatoms. The van der Waals surface area contributed by atoms with E-state index in [0.717, 1.165) is 8.52 Å². The SMILES string of the molecule is CC(C)N(P=N[Si](C)(C)C)C(C)C. The maximum atomic E-state index is 4.74. The number of hydrogen-bond acceptors (Lipinski definition) is 1. The third kappa shape index (κ3) is 6.36. The second kappa shape index (κ2) is 5.23. The van der Waals surface area contributed by atoms with Gasteiger partial charge in [-0.15, -0.1) is 0 Å². The van der Waals surface area contributed by atoms with Crippen LogP contribution < -0.4 is 0 Å². The average molecular weight is 218 g/mol. The number of nitrogens with zero attached hydrogens (tertiary/aromatic N) is 2. The highest BCUT2D eigenvalue weighted by molar-refractivity contribution is 7.26. The van der Waals surface area contributed by atoms with Crippen molar-refractivity contribution in [1.82, 2.24) is 4.67 Å². The molecule has 0 unspecified atom stereocenters. The van der Waals surface area contributed by atoms with Gasteiger partial charge in [-0.3, -0.25) is 4.41 Å². The summed E-state index contributed by atoms with van der Waals surface area (Å²) in [4.78, 5) is 0. The normalized spacial score (nSPS) is 14.0. The van der Waals surface area contributed by atoms with Gasteiger partial charge in [0.25, 0.3) is 0 Å². The first-order valence-corrected chi connectivity index (χ1v) is 9.20. The summed E-state index contributed by atoms with van der Waals surface area (Å²) >= 11 is 0. The molecule has 0 aliphatic rings. The van der Waals surface area contributed by atoms with Gasteiger partial charge in [-0.25, -0.2) is 4.67 Å². The van der Waals surface area contributed by atoms with Crippen LogP contribution >= 0.6 is 8.52 Å². The highest BCUT2D eigenvalue weighted by Crippen LogP contribution is 2.21. The molecule has 0 aromatic carbocycles. The van der Waals surface area contributed by atoms with Gasteiger partial charge in [0.2, 0.25) is 0 Å². The summed E-state index contributed by atoms with van der Waals surface area (Å²) in [6.45, 7) is 15.7. The van der Waals surface area contributed by atoms with Crippen LogP contribution in [0.1, 0.15) is 27.7 Å². The Labute approximate surface area is 85.8 Å². The van der Waals surface area contributed by atoms with Crippen LogP contribution in [0.4, 0.5) is 0 Å². The Morgan fingerprint density at radius 1 is 1.00 bits per heavy atom. The molecule has 0 saturated heterocycles. The van der Waals surface area contributed by atoms with Crippen molar-refractivity contribution in [2.75, 3.05) is 0 Å². The van der Waals surface area contributed by atoms with Crippen molar-refractivity contribution < 1.29 is 0 Å². The molecule has 13 heavy (non-hydrogen) atoms. The predicted octanol–water partition coefficient (Wildman–Crippen LogP) is 3.98. The fourth-order valence-corrected chi connectivity index (χ4v) is 2.89. The van der Waals surface area contributed by atoms with E-state index >= 15 is 0 Å². The molecule has 78 valence electrons. The largest absolute Gasteiger partial charge is 0.293 e. The molecule has 0 saturated carbocycles. The first kappa shape index (κ1) is 13.3. The predicted molar refractivity (Wildman–Crippen MR) is 64.8 cm³/mol. The van der Waals surface area contributed by atoms with Crippen molar-refractivity contribution in [1.29, 1.82) is 0 Å². The lowest BCUT2D eigenvalue weighted by Crippen LogP contribution is -2.28. The van der Waals surface area contributed by atoms with Crippen molar-refractivity contribution in [3.05, 3.63) is 0 Å². The van der Waals surface area contributed by atoms with Crippen molar-refractivity contribution in [3.8, 4) is 0 Å². The second-order valence-electron chi connectivity index (χ2n) is 4.93. The summed E-state index contributed by atoms with van der Waals surface area (Å²) in [5.74, 6) is 0. The van der Waals surface area contributed by atoms with Gasteiger partial charge in [-0.1, -0.05) is 0 Å². The molecule has 0 rings (SSSR count). The Kier molecular flexibility index (Phi) is 5.34. The third-order valence-electron chi connectivity index (χ3n) is 1.51. The van der Waals surface area contributed by atoms with Crippen LogP contribution in [0.15, 0.2) is 4.41 Å². The van der Waals surface area contributed by atoms with Crippen molar-refractivity contribution in [3.63, 3.8) is 0 Å². The summed E-state index contributed by atoms with van der Waals surface area (Å²) in [5, 5.41) is 0. The molecule has 0 atom stereocenters. The van der Waals surface area contributed by atoms with E-state index in [4.69, 9.17) is 4.41 Å². The smallest absolute Gasteiger partial charge is 0.179 e. The Balaban J connectivity index is 4.35. The summed E-state index contributed by atoms with van der Waals surface area (Å²) in [6, 6.07) is 1.17. The summed E-state index contributed by atoms with van der Waals surface area (Å²) in [5.41, 5.74) is 0. The summed E-state index contributed by atoms with van der Waals surface area (Å²) in [6.07, 6.45) is 0. The zero-order chi connectivity index (χ0) is 10.6. The maximum absolute atomic E-state index is 4.74. The maximum Gasteiger partial charge on any atom is 0.179 e. The molecule has 0 bridgehead atoms. The lowest BCUT2D eigenvalue weighted by molar-refractivity contribution is 0.331. The van der Waals surface area contributed by atoms with E-state index in [0.29, 0.717) is 12.1 Å². The fraction of sp³-hybridized carbons (Fsp3) is 1.00. The van der Waals surface area contributed by atoms with Gasteiger partial charge >= 0.3 is 0 Å². The molecule has 0 heterocycles. The first-order chi connectivity index (χ1) is 5.74. The first-order valence-electron chi connectivity index (χ1n) is 4.95. The molecule has 0 aromatic heterocycles. The van der Waals surface area contributed by atoms with E-state index in [1.807, 2.05) is 0 Å². The molecule has 0 fully saturated rings. The molecule has 2 nitrogen and oxygen atoms in total. The van der Waals surface area contributed by atoms with Crippen molar-refractivity contribution in [2.24, 2.45) is 4.41 Å². The summed E-state index contributed by atoms with van der Waals surface area (Å²) in [7, 11) is -0.0806. The Morgan fingerprint density at radius 3 is 1.62 bits per heavy atom. The van der Waals surface area contributed by atoms with Gasteiger partial charge < -0.3 is 0 Å². The van der Waals surface area contributed by atoms with Gasteiger partial charge in [-0.05, 0) is 47.3 Å². The summed E-state index contributed by atoms with van der Waals surface area (Å²) < 4.78 is 7.14. The minimum Gasteiger partial charge on any atom is -0.293 e. The van der Waals surface area contributed by atoms with E-state index in [2.05, 4.69) is 52.0 Å². The van der Waals surface area contributed by atoms with Gasteiger partial charge in [0.1, 0.15) is 0 Å². The highest BCUT2D eigenvalue weighted by atomic mass is 31.1. The van der Waals surface area contributed by atoms with Crippen molar-refractivity contribution in [2.45, 2.75) is 59.4 Å². The zero-order valence-electron chi connectivity index (χ0n) is 10.00. The van der Waals surface area contributed by atoms with Gasteiger partial charge in [-0.2, -0.15) is 0 Å². The van der Waals surface area contributed by atoms with Crippen LogP contribution in [-0.4, -0.2) is 25.0 Å². The van der Waals surface area contributed by atoms with Crippen LogP contribution in [0.5, 0.6) is 0 Å². The van der Waals surface area contributed by atoms with Crippen LogP contribution in [0.2, 0.25) is 19.6 Å². The molecule has 0 aliphatic carbocycles. The highest BCUT2D eigenvalue weighted by Gasteiger charge is 2.15. The standard InChI is InChI=1S/C9H23N2PSi/c1-8(2)11(9(3)4)12-10-13(5,6)7/h8-9H,1-7H3. The van der Waals surface area contributed by atoms with Crippen LogP contribution in [0.3, 0.4) is 0 Å². The fourth-order valence-electron chi connectivity index (χ4n) is 0.989. The second-order valence-corrected chi connectivity index (χ2v) is 10.7. The van der Waals surface area contributed by atoms with E-state index in [9.17, 15) is 0 Å². The minimum atomic E-state index is -1.24. The van der Waals surface area contributed by atoms with Crippen LogP contribution in [0.25, 0.3) is 0 Å². The quantitative estimate of drug-likeness (QED) is 0.514. The van der Waals surface area contributed by atoms with Crippen LogP contribution in [0, 0.1) is 0 Å². The van der Waals surface area contributed by atoms with Gasteiger partial charge in [0.15, 0.2) is 8.24 Å². The number of hydrogen-bond donors (Lipinski definition) is 0. The van der Waals surface area contributed by atoms with Gasteiger partial charge in [0.05, 0.1) is 8.52 Å². The zero-order valence-corrected chi connectivity index (χ0v) is 11.9. The van der Waals surface area contributed by atoms with E-state index in [1.54, 1.807) is 0 Å². The van der Waals surface area contributed by atoms with E-state index in [-0.39, 0.29) is 0 Å². The molecule has 0 radical (unpaired) electrons. The Bertz CT molecular complexity index is 165. The molecule has 0 N–H and O–H groups in total. The topological polar surface area (TPSA) is 15.6 Å². The number of rotatable bonds is 4. The molecule has 0 aromatic rings. The monoisotopic (exact) mass is 218 g/mol. The Hall–Kier alpha value is 0.277. The van der Waals surface area contributed by atoms with Crippen molar-refractivity contribution >= 4 is 16.8 Å². The molecule has 0 spiro atoms. The van der Waals surface area contributed by atoms with E-state index < -0.39 is 8.24 Å². The minimum absolute atomic E-state index is 0.585. The van der Waals surface area contributed by atoms with Crippen LogP contribution in [-0.2, 0) is 0 Å². The molecule has 0 aliphatic heterocycles. The molecular formula is C9H23N2PSi. The average Bonchev–Trinajstić information content (AvgIpc) is 1.82. The van der Waals surface area contributed by atoms with E-state index in [1.165, 1.54) is 0 Å². The van der Waals surface area contributed by atoms with Gasteiger partial charge in [0, 0.05) is 12.1 Å². The molecule has 0 amide bonds. The lowest BCUT2D eigenvalue weighted by atomic mass is 10.3. The lowest BCUT2D eigenvalue weighted by Gasteiger charge is -2.25. The Morgan fingerprint density at radius 2 is 1.38 bits per heavy atom. The third-order valence-corrected chi connectivity index (χ3v) is 5.39.